The molecule has 0 aliphatic carbocycles. The Morgan fingerprint density at radius 2 is 1.71 bits per heavy atom. The second kappa shape index (κ2) is 3.97. The summed E-state index contributed by atoms with van der Waals surface area (Å²) in [5.74, 6) is -0.367. The van der Waals surface area contributed by atoms with Crippen molar-refractivity contribution in [3.8, 4) is 11.8 Å². The predicted molar refractivity (Wildman–Crippen MR) is 44.1 cm³/mol. The lowest BCUT2D eigenvalue weighted by molar-refractivity contribution is 0.104. The molecule has 0 fully saturated rings. The highest BCUT2D eigenvalue weighted by Crippen LogP contribution is 2.14. The lowest BCUT2D eigenvalue weighted by Crippen LogP contribution is -2.04. The summed E-state index contributed by atoms with van der Waals surface area (Å²) in [6.07, 6.45) is 0. The Labute approximate surface area is 78.5 Å². The first kappa shape index (κ1) is 10.3. The lowest BCUT2D eigenvalue weighted by atomic mass is 10.1. The van der Waals surface area contributed by atoms with E-state index < -0.39 is 28.8 Å². The van der Waals surface area contributed by atoms with Gasteiger partial charge in [0.25, 0.3) is 0 Å². The van der Waals surface area contributed by atoms with E-state index in [2.05, 4.69) is 5.92 Å². The van der Waals surface area contributed by atoms with Crippen molar-refractivity contribution < 1.29 is 18.0 Å². The first-order valence-corrected chi connectivity index (χ1v) is 3.68. The highest BCUT2D eigenvalue weighted by molar-refractivity contribution is 6.09. The number of carbonyl (C=O) groups excluding carboxylic acids is 1. The van der Waals surface area contributed by atoms with Crippen molar-refractivity contribution in [1.82, 2.24) is 0 Å². The van der Waals surface area contributed by atoms with E-state index in [1.165, 1.54) is 6.92 Å². The molecule has 14 heavy (non-hydrogen) atoms. The Bertz CT molecular complexity index is 417. The number of hydrogen-bond donors (Lipinski definition) is 0. The zero-order chi connectivity index (χ0) is 10.7. The fourth-order valence-corrected chi connectivity index (χ4v) is 0.935. The summed E-state index contributed by atoms with van der Waals surface area (Å²) in [6, 6.07) is 0.876. The zero-order valence-corrected chi connectivity index (χ0v) is 7.20. The molecule has 0 aromatic heterocycles. The zero-order valence-electron chi connectivity index (χ0n) is 7.20. The van der Waals surface area contributed by atoms with Gasteiger partial charge in [-0.2, -0.15) is 0 Å². The van der Waals surface area contributed by atoms with E-state index in [4.69, 9.17) is 0 Å². The average molecular weight is 198 g/mol. The SMILES string of the molecule is CC#CC(=O)c1c(F)cc(F)cc1F. The number of rotatable bonds is 1. The summed E-state index contributed by atoms with van der Waals surface area (Å²) >= 11 is 0. The van der Waals surface area contributed by atoms with E-state index in [-0.39, 0.29) is 0 Å². The number of carbonyl (C=O) groups is 1. The van der Waals surface area contributed by atoms with Crippen LogP contribution >= 0.6 is 0 Å². The van der Waals surface area contributed by atoms with Crippen molar-refractivity contribution >= 4 is 5.78 Å². The number of hydrogen-bond acceptors (Lipinski definition) is 1. The third kappa shape index (κ3) is 1.94. The maximum atomic E-state index is 12.9. The molecule has 72 valence electrons. The van der Waals surface area contributed by atoms with Gasteiger partial charge in [-0.05, 0) is 12.8 Å². The molecule has 1 nitrogen and oxygen atoms in total. The summed E-state index contributed by atoms with van der Waals surface area (Å²) in [4.78, 5) is 11.0. The third-order valence-corrected chi connectivity index (χ3v) is 1.47. The molecule has 0 aliphatic rings. The van der Waals surface area contributed by atoms with E-state index >= 15 is 0 Å². The predicted octanol–water partition coefficient (Wildman–Crippen LogP) is 2.31. The Hall–Kier alpha value is -1.76. The molecule has 0 aliphatic heterocycles. The molecule has 0 heterocycles. The first-order valence-electron chi connectivity index (χ1n) is 3.68. The lowest BCUT2D eigenvalue weighted by Gasteiger charge is -1.99. The standard InChI is InChI=1S/C10H5F3O/c1-2-3-9(14)10-7(12)4-6(11)5-8(10)13/h4-5H,1H3. The van der Waals surface area contributed by atoms with Crippen LogP contribution < -0.4 is 0 Å². The minimum Gasteiger partial charge on any atom is -0.279 e. The van der Waals surface area contributed by atoms with Gasteiger partial charge in [-0.25, -0.2) is 13.2 Å². The van der Waals surface area contributed by atoms with Crippen LogP contribution in [0.2, 0.25) is 0 Å². The van der Waals surface area contributed by atoms with Gasteiger partial charge in [-0.1, -0.05) is 5.92 Å². The van der Waals surface area contributed by atoms with Crippen LogP contribution in [0.4, 0.5) is 13.2 Å². The van der Waals surface area contributed by atoms with Gasteiger partial charge >= 0.3 is 0 Å². The number of ketones is 1. The van der Waals surface area contributed by atoms with Crippen molar-refractivity contribution in [3.05, 3.63) is 35.1 Å². The van der Waals surface area contributed by atoms with Crippen LogP contribution in [0.3, 0.4) is 0 Å². The van der Waals surface area contributed by atoms with Gasteiger partial charge in [-0.15, -0.1) is 0 Å². The molecule has 4 heteroatoms. The Kier molecular flexibility index (Phi) is 2.92. The quantitative estimate of drug-likeness (QED) is 0.384. The monoisotopic (exact) mass is 198 g/mol. The third-order valence-electron chi connectivity index (χ3n) is 1.47. The maximum Gasteiger partial charge on any atom is 0.241 e. The molecule has 1 aromatic rings. The molecule has 0 bridgehead atoms. The van der Waals surface area contributed by atoms with E-state index in [0.29, 0.717) is 12.1 Å². The van der Waals surface area contributed by atoms with Crippen LogP contribution in [0.1, 0.15) is 17.3 Å². The van der Waals surface area contributed by atoms with E-state index in [0.717, 1.165) is 0 Å². The van der Waals surface area contributed by atoms with Gasteiger partial charge in [0, 0.05) is 12.1 Å². The summed E-state index contributed by atoms with van der Waals surface area (Å²) in [5.41, 5.74) is -0.819. The van der Waals surface area contributed by atoms with E-state index in [9.17, 15) is 18.0 Å². The Morgan fingerprint density at radius 3 is 2.14 bits per heavy atom. The van der Waals surface area contributed by atoms with Crippen molar-refractivity contribution in [3.63, 3.8) is 0 Å². The molecule has 0 radical (unpaired) electrons. The van der Waals surface area contributed by atoms with Gasteiger partial charge in [0.1, 0.15) is 23.0 Å². The van der Waals surface area contributed by atoms with Crippen molar-refractivity contribution in [1.29, 1.82) is 0 Å². The van der Waals surface area contributed by atoms with Crippen LogP contribution in [-0.2, 0) is 0 Å². The largest absolute Gasteiger partial charge is 0.279 e. The van der Waals surface area contributed by atoms with Gasteiger partial charge in [0.05, 0.1) is 0 Å². The average Bonchev–Trinajstić information content (AvgIpc) is 2.01. The van der Waals surface area contributed by atoms with Crippen molar-refractivity contribution in [2.75, 3.05) is 0 Å². The molecule has 0 N–H and O–H groups in total. The molecular weight excluding hydrogens is 193 g/mol. The fraction of sp³-hybridized carbons (Fsp3) is 0.100. The minimum absolute atomic E-state index is 0.438. The molecule has 0 atom stereocenters. The molecular formula is C10H5F3O. The fourth-order valence-electron chi connectivity index (χ4n) is 0.935. The summed E-state index contributed by atoms with van der Waals surface area (Å²) < 4.78 is 38.3. The molecule has 0 spiro atoms. The summed E-state index contributed by atoms with van der Waals surface area (Å²) in [7, 11) is 0. The molecule has 0 saturated carbocycles. The van der Waals surface area contributed by atoms with E-state index in [1.807, 2.05) is 5.92 Å². The topological polar surface area (TPSA) is 17.1 Å². The van der Waals surface area contributed by atoms with Gasteiger partial charge in [0.2, 0.25) is 5.78 Å². The Morgan fingerprint density at radius 1 is 1.21 bits per heavy atom. The smallest absolute Gasteiger partial charge is 0.241 e. The number of halogens is 3. The molecule has 0 saturated heterocycles. The highest BCUT2D eigenvalue weighted by Gasteiger charge is 2.16. The van der Waals surface area contributed by atoms with Crippen LogP contribution in [0, 0.1) is 29.3 Å². The Balaban J connectivity index is 3.32. The molecule has 1 aromatic carbocycles. The number of benzene rings is 1. The van der Waals surface area contributed by atoms with Crippen LogP contribution in [-0.4, -0.2) is 5.78 Å². The highest BCUT2D eigenvalue weighted by atomic mass is 19.1. The molecule has 0 unspecified atom stereocenters. The number of Topliss-reactive ketones (excluding diaryl/α,β-unsaturated/α-hetero) is 1. The summed E-state index contributed by atoms with van der Waals surface area (Å²) in [6.45, 7) is 1.36. The molecule has 0 amide bonds. The van der Waals surface area contributed by atoms with Crippen LogP contribution in [0.5, 0.6) is 0 Å². The van der Waals surface area contributed by atoms with Gasteiger partial charge < -0.3 is 0 Å². The second-order valence-electron chi connectivity index (χ2n) is 2.45. The van der Waals surface area contributed by atoms with Crippen LogP contribution in [0.15, 0.2) is 12.1 Å². The second-order valence-corrected chi connectivity index (χ2v) is 2.45. The van der Waals surface area contributed by atoms with Gasteiger partial charge in [-0.3, -0.25) is 4.79 Å². The minimum atomic E-state index is -1.24. The van der Waals surface area contributed by atoms with Gasteiger partial charge in [0.15, 0.2) is 0 Å². The molecule has 1 rings (SSSR count). The van der Waals surface area contributed by atoms with Crippen LogP contribution in [0.25, 0.3) is 0 Å². The van der Waals surface area contributed by atoms with Crippen molar-refractivity contribution in [2.45, 2.75) is 6.92 Å². The normalized spacial score (nSPS) is 9.14. The van der Waals surface area contributed by atoms with E-state index in [1.54, 1.807) is 0 Å². The first-order chi connectivity index (χ1) is 6.56. The summed E-state index contributed by atoms with van der Waals surface area (Å²) in [5, 5.41) is 0. The van der Waals surface area contributed by atoms with Crippen molar-refractivity contribution in [2.24, 2.45) is 0 Å². The maximum absolute atomic E-state index is 12.9.